The number of amides is 1. The molecule has 2 aromatic carbocycles. The van der Waals surface area contributed by atoms with Crippen LogP contribution in [0.15, 0.2) is 54.6 Å². The number of benzene rings is 2. The fraction of sp³-hybridized carbons (Fsp3) is 0.381. The predicted octanol–water partition coefficient (Wildman–Crippen LogP) is 3.71. The van der Waals surface area contributed by atoms with Crippen molar-refractivity contribution in [1.29, 1.82) is 0 Å². The molecule has 3 N–H and O–H groups in total. The maximum absolute atomic E-state index is 12.0. The average Bonchev–Trinajstić information content (AvgIpc) is 2.53. The van der Waals surface area contributed by atoms with Crippen molar-refractivity contribution in [2.24, 2.45) is 5.73 Å². The van der Waals surface area contributed by atoms with E-state index in [2.05, 4.69) is 41.7 Å². The molecular weight excluding hydrogens is 296 g/mol. The molecule has 0 aliphatic heterocycles. The van der Waals surface area contributed by atoms with Crippen LogP contribution in [-0.4, -0.2) is 17.5 Å². The molecule has 0 aromatic heterocycles. The van der Waals surface area contributed by atoms with Crippen molar-refractivity contribution in [2.45, 2.75) is 50.6 Å². The summed E-state index contributed by atoms with van der Waals surface area (Å²) in [7, 11) is 0. The summed E-state index contributed by atoms with van der Waals surface area (Å²) >= 11 is 0. The minimum absolute atomic E-state index is 0.0359. The topological polar surface area (TPSA) is 55.1 Å². The standard InChI is InChI=1S/C21H26N2O/c1-16(23-20(24)8-4-11-21(22)12-5-13-21)14-17-9-10-18-6-2-3-7-19(18)15-17/h2-4,6-10,15-16H,5,11-14,22H2,1H3,(H,23,24)/b8-4+/t16-/m0/s1. The molecule has 2 aromatic rings. The van der Waals surface area contributed by atoms with Crippen molar-refractivity contribution in [2.75, 3.05) is 0 Å². The summed E-state index contributed by atoms with van der Waals surface area (Å²) in [5.74, 6) is -0.0359. The number of nitrogens with two attached hydrogens (primary N) is 1. The Kier molecular flexibility index (Phi) is 5.00. The van der Waals surface area contributed by atoms with Gasteiger partial charge in [0.25, 0.3) is 0 Å². The summed E-state index contributed by atoms with van der Waals surface area (Å²) in [6.07, 6.45) is 8.50. The highest BCUT2D eigenvalue weighted by Gasteiger charge is 2.30. The summed E-state index contributed by atoms with van der Waals surface area (Å²) in [6.45, 7) is 2.04. The zero-order valence-electron chi connectivity index (χ0n) is 14.3. The third-order valence-electron chi connectivity index (χ3n) is 4.89. The molecule has 0 radical (unpaired) electrons. The van der Waals surface area contributed by atoms with Crippen LogP contribution < -0.4 is 11.1 Å². The number of hydrogen-bond acceptors (Lipinski definition) is 2. The average molecular weight is 322 g/mol. The van der Waals surface area contributed by atoms with Crippen molar-refractivity contribution in [1.82, 2.24) is 5.32 Å². The number of rotatable bonds is 6. The van der Waals surface area contributed by atoms with Gasteiger partial charge in [0.05, 0.1) is 0 Å². The number of nitrogens with one attached hydrogen (secondary N) is 1. The summed E-state index contributed by atoms with van der Waals surface area (Å²) in [5, 5.41) is 5.51. The molecule has 1 aliphatic rings. The van der Waals surface area contributed by atoms with Gasteiger partial charge in [-0.15, -0.1) is 0 Å². The molecule has 1 atom stereocenters. The third-order valence-corrected chi connectivity index (χ3v) is 4.89. The smallest absolute Gasteiger partial charge is 0.243 e. The van der Waals surface area contributed by atoms with Crippen molar-refractivity contribution in [3.05, 3.63) is 60.2 Å². The van der Waals surface area contributed by atoms with E-state index in [0.29, 0.717) is 0 Å². The van der Waals surface area contributed by atoms with Gasteiger partial charge < -0.3 is 11.1 Å². The lowest BCUT2D eigenvalue weighted by Gasteiger charge is -2.37. The quantitative estimate of drug-likeness (QED) is 0.797. The summed E-state index contributed by atoms with van der Waals surface area (Å²) in [5.41, 5.74) is 7.33. The molecular formula is C21H26N2O. The number of fused-ring (bicyclic) bond motifs is 1. The lowest BCUT2D eigenvalue weighted by Crippen LogP contribution is -2.45. The Balaban J connectivity index is 1.51. The van der Waals surface area contributed by atoms with Gasteiger partial charge in [-0.2, -0.15) is 0 Å². The summed E-state index contributed by atoms with van der Waals surface area (Å²) < 4.78 is 0. The van der Waals surface area contributed by atoms with Crippen LogP contribution >= 0.6 is 0 Å². The lowest BCUT2D eigenvalue weighted by atomic mass is 9.75. The first kappa shape index (κ1) is 16.7. The van der Waals surface area contributed by atoms with E-state index in [0.717, 1.165) is 25.7 Å². The largest absolute Gasteiger partial charge is 0.350 e. The van der Waals surface area contributed by atoms with Crippen LogP contribution in [0.25, 0.3) is 10.8 Å². The van der Waals surface area contributed by atoms with Crippen LogP contribution in [0.2, 0.25) is 0 Å². The second-order valence-electron chi connectivity index (χ2n) is 7.12. The predicted molar refractivity (Wildman–Crippen MR) is 99.8 cm³/mol. The Morgan fingerprint density at radius 2 is 2.00 bits per heavy atom. The van der Waals surface area contributed by atoms with Crippen LogP contribution in [0.1, 0.15) is 38.2 Å². The molecule has 1 fully saturated rings. The molecule has 3 nitrogen and oxygen atoms in total. The first-order valence-corrected chi connectivity index (χ1v) is 8.78. The Labute approximate surface area is 143 Å². The highest BCUT2D eigenvalue weighted by molar-refractivity contribution is 5.87. The van der Waals surface area contributed by atoms with Crippen LogP contribution in [0, 0.1) is 0 Å². The molecule has 1 amide bonds. The normalized spacial score (nSPS) is 17.6. The molecule has 0 spiro atoms. The number of carbonyl (C=O) groups excluding carboxylic acids is 1. The van der Waals surface area contributed by atoms with Crippen LogP contribution in [0.3, 0.4) is 0 Å². The highest BCUT2D eigenvalue weighted by Crippen LogP contribution is 2.32. The van der Waals surface area contributed by atoms with Crippen molar-refractivity contribution >= 4 is 16.7 Å². The zero-order valence-corrected chi connectivity index (χ0v) is 14.3. The van der Waals surface area contributed by atoms with E-state index in [1.807, 2.05) is 19.1 Å². The van der Waals surface area contributed by atoms with Gasteiger partial charge in [-0.05, 0) is 61.4 Å². The van der Waals surface area contributed by atoms with Gasteiger partial charge in [0.2, 0.25) is 5.91 Å². The first-order chi connectivity index (χ1) is 11.5. The second kappa shape index (κ2) is 7.18. The summed E-state index contributed by atoms with van der Waals surface area (Å²) in [4.78, 5) is 12.0. The van der Waals surface area contributed by atoms with Gasteiger partial charge in [-0.3, -0.25) is 4.79 Å². The maximum atomic E-state index is 12.0. The second-order valence-corrected chi connectivity index (χ2v) is 7.12. The van der Waals surface area contributed by atoms with E-state index >= 15 is 0 Å². The Hall–Kier alpha value is -2.13. The minimum Gasteiger partial charge on any atom is -0.350 e. The van der Waals surface area contributed by atoms with Gasteiger partial charge in [0.1, 0.15) is 0 Å². The van der Waals surface area contributed by atoms with Crippen LogP contribution in [-0.2, 0) is 11.2 Å². The van der Waals surface area contributed by atoms with Crippen molar-refractivity contribution in [3.8, 4) is 0 Å². The summed E-state index contributed by atoms with van der Waals surface area (Å²) in [6, 6.07) is 14.9. The van der Waals surface area contributed by atoms with Crippen LogP contribution in [0.5, 0.6) is 0 Å². The molecule has 1 saturated carbocycles. The zero-order chi connectivity index (χ0) is 17.0. The van der Waals surface area contributed by atoms with Crippen molar-refractivity contribution < 1.29 is 4.79 Å². The molecule has 0 heterocycles. The Bertz CT molecular complexity index is 746. The maximum Gasteiger partial charge on any atom is 0.243 e. The molecule has 3 heteroatoms. The van der Waals surface area contributed by atoms with E-state index in [4.69, 9.17) is 5.73 Å². The number of carbonyl (C=O) groups is 1. The van der Waals surface area contributed by atoms with E-state index in [1.165, 1.54) is 22.8 Å². The molecule has 24 heavy (non-hydrogen) atoms. The first-order valence-electron chi connectivity index (χ1n) is 8.78. The highest BCUT2D eigenvalue weighted by atomic mass is 16.1. The van der Waals surface area contributed by atoms with Gasteiger partial charge in [0, 0.05) is 11.6 Å². The van der Waals surface area contributed by atoms with E-state index < -0.39 is 0 Å². The van der Waals surface area contributed by atoms with Crippen LogP contribution in [0.4, 0.5) is 0 Å². The van der Waals surface area contributed by atoms with Gasteiger partial charge in [0.15, 0.2) is 0 Å². The number of hydrogen-bond donors (Lipinski definition) is 2. The SMILES string of the molecule is C[C@@H](Cc1ccc2ccccc2c1)NC(=O)/C=C/CC1(N)CCC1. The Morgan fingerprint density at radius 1 is 1.25 bits per heavy atom. The fourth-order valence-electron chi connectivity index (χ4n) is 3.30. The lowest BCUT2D eigenvalue weighted by molar-refractivity contribution is -0.117. The molecule has 0 saturated heterocycles. The van der Waals surface area contributed by atoms with E-state index in [-0.39, 0.29) is 17.5 Å². The molecule has 3 rings (SSSR count). The Morgan fingerprint density at radius 3 is 2.71 bits per heavy atom. The van der Waals surface area contributed by atoms with E-state index in [1.54, 1.807) is 6.08 Å². The monoisotopic (exact) mass is 322 g/mol. The third kappa shape index (κ3) is 4.24. The van der Waals surface area contributed by atoms with Crippen molar-refractivity contribution in [3.63, 3.8) is 0 Å². The molecule has 126 valence electrons. The fourth-order valence-corrected chi connectivity index (χ4v) is 3.30. The minimum atomic E-state index is -0.0620. The molecule has 0 bridgehead atoms. The van der Waals surface area contributed by atoms with Gasteiger partial charge >= 0.3 is 0 Å². The van der Waals surface area contributed by atoms with Gasteiger partial charge in [-0.25, -0.2) is 0 Å². The molecule has 1 aliphatic carbocycles. The van der Waals surface area contributed by atoms with E-state index in [9.17, 15) is 4.79 Å². The van der Waals surface area contributed by atoms with Gasteiger partial charge in [-0.1, -0.05) is 48.5 Å². The molecule has 0 unspecified atom stereocenters.